The lowest BCUT2D eigenvalue weighted by molar-refractivity contribution is 0.0823. The second-order valence-electron chi connectivity index (χ2n) is 5.21. The van der Waals surface area contributed by atoms with Crippen molar-refractivity contribution in [3.63, 3.8) is 0 Å². The average Bonchev–Trinajstić information content (AvgIpc) is 2.43. The number of ether oxygens (including phenoxy) is 1. The van der Waals surface area contributed by atoms with Gasteiger partial charge in [0.2, 0.25) is 5.91 Å². The number of anilines is 1. The van der Waals surface area contributed by atoms with Gasteiger partial charge in [0.25, 0.3) is 0 Å². The topological polar surface area (TPSA) is 78.3 Å². The fourth-order valence-electron chi connectivity index (χ4n) is 2.11. The van der Waals surface area contributed by atoms with Gasteiger partial charge in [-0.25, -0.2) is 0 Å². The number of nitrogen functional groups attached to an aromatic ring is 1. The molecule has 112 valence electrons. The smallest absolute Gasteiger partial charge is 0.248 e. The summed E-state index contributed by atoms with van der Waals surface area (Å²) in [5.74, 6) is 0.149. The van der Waals surface area contributed by atoms with E-state index in [1.54, 1.807) is 12.1 Å². The van der Waals surface area contributed by atoms with Crippen LogP contribution in [0.2, 0.25) is 0 Å². The molecule has 1 amide bonds. The largest absolute Gasteiger partial charge is 0.398 e. The maximum atomic E-state index is 11.0. The van der Waals surface area contributed by atoms with Crippen LogP contribution in [0.3, 0.4) is 0 Å². The Bertz CT molecular complexity index is 432. The van der Waals surface area contributed by atoms with Crippen molar-refractivity contribution in [1.82, 2.24) is 0 Å². The Morgan fingerprint density at radius 3 is 2.65 bits per heavy atom. The summed E-state index contributed by atoms with van der Waals surface area (Å²) in [6.45, 7) is 5.63. The van der Waals surface area contributed by atoms with E-state index in [4.69, 9.17) is 16.2 Å². The molecule has 1 aromatic carbocycles. The summed E-state index contributed by atoms with van der Waals surface area (Å²) in [7, 11) is 0. The van der Waals surface area contributed by atoms with E-state index in [1.165, 1.54) is 19.3 Å². The predicted molar refractivity (Wildman–Crippen MR) is 82.3 cm³/mol. The van der Waals surface area contributed by atoms with Crippen molar-refractivity contribution in [3.05, 3.63) is 29.3 Å². The van der Waals surface area contributed by atoms with Gasteiger partial charge in [0.15, 0.2) is 0 Å². The van der Waals surface area contributed by atoms with Crippen LogP contribution in [0.4, 0.5) is 5.69 Å². The first-order chi connectivity index (χ1) is 9.58. The highest BCUT2D eigenvalue weighted by Gasteiger charge is 2.08. The molecule has 0 aliphatic heterocycles. The van der Waals surface area contributed by atoms with E-state index < -0.39 is 5.91 Å². The maximum Gasteiger partial charge on any atom is 0.248 e. The Labute approximate surface area is 121 Å². The minimum Gasteiger partial charge on any atom is -0.398 e. The highest BCUT2D eigenvalue weighted by Crippen LogP contribution is 2.17. The van der Waals surface area contributed by atoms with Gasteiger partial charge in [-0.15, -0.1) is 0 Å². The van der Waals surface area contributed by atoms with E-state index in [1.807, 2.05) is 6.07 Å². The van der Waals surface area contributed by atoms with E-state index in [-0.39, 0.29) is 0 Å². The summed E-state index contributed by atoms with van der Waals surface area (Å²) in [6, 6.07) is 5.10. The van der Waals surface area contributed by atoms with Crippen LogP contribution >= 0.6 is 0 Å². The van der Waals surface area contributed by atoms with Crippen molar-refractivity contribution >= 4 is 11.6 Å². The van der Waals surface area contributed by atoms with Gasteiger partial charge in [-0.2, -0.15) is 0 Å². The van der Waals surface area contributed by atoms with Crippen molar-refractivity contribution in [2.75, 3.05) is 12.3 Å². The van der Waals surface area contributed by atoms with Gasteiger partial charge in [-0.3, -0.25) is 4.79 Å². The molecular weight excluding hydrogens is 252 g/mol. The zero-order chi connectivity index (χ0) is 15.0. The van der Waals surface area contributed by atoms with E-state index in [0.717, 1.165) is 18.6 Å². The molecule has 0 bridgehead atoms. The van der Waals surface area contributed by atoms with Gasteiger partial charge in [0, 0.05) is 23.4 Å². The summed E-state index contributed by atoms with van der Waals surface area (Å²) >= 11 is 0. The number of rotatable bonds is 9. The lowest BCUT2D eigenvalue weighted by Gasteiger charge is -2.15. The van der Waals surface area contributed by atoms with E-state index >= 15 is 0 Å². The van der Waals surface area contributed by atoms with Crippen LogP contribution < -0.4 is 11.5 Å². The van der Waals surface area contributed by atoms with E-state index in [9.17, 15) is 4.79 Å². The number of amides is 1. The molecule has 1 atom stereocenters. The minimum absolute atomic E-state index is 0.431. The second kappa shape index (κ2) is 8.59. The summed E-state index contributed by atoms with van der Waals surface area (Å²) in [4.78, 5) is 11.0. The number of carbonyl (C=O) groups is 1. The number of nitrogens with two attached hydrogens (primary N) is 2. The Kier molecular flexibility index (Phi) is 7.09. The number of primary amides is 1. The second-order valence-corrected chi connectivity index (χ2v) is 5.21. The Morgan fingerprint density at radius 2 is 2.10 bits per heavy atom. The fraction of sp³-hybridized carbons (Fsp3) is 0.562. The molecule has 1 aromatic rings. The van der Waals surface area contributed by atoms with Crippen LogP contribution in [-0.4, -0.2) is 12.5 Å². The number of hydrogen-bond acceptors (Lipinski definition) is 3. The molecule has 0 radical (unpaired) electrons. The van der Waals surface area contributed by atoms with Gasteiger partial charge < -0.3 is 16.2 Å². The number of hydrogen-bond donors (Lipinski definition) is 2. The first-order valence-corrected chi connectivity index (χ1v) is 7.34. The Morgan fingerprint density at radius 1 is 1.35 bits per heavy atom. The Balaban J connectivity index is 2.47. The number of benzene rings is 1. The normalized spacial score (nSPS) is 12.3. The van der Waals surface area contributed by atoms with Crippen molar-refractivity contribution in [2.45, 2.75) is 46.1 Å². The minimum atomic E-state index is -0.463. The molecule has 0 aromatic heterocycles. The zero-order valence-corrected chi connectivity index (χ0v) is 12.5. The van der Waals surface area contributed by atoms with Crippen LogP contribution in [0.1, 0.15) is 55.5 Å². The molecule has 0 aliphatic carbocycles. The van der Waals surface area contributed by atoms with Crippen LogP contribution in [0, 0.1) is 5.92 Å². The molecule has 4 heteroatoms. The monoisotopic (exact) mass is 278 g/mol. The van der Waals surface area contributed by atoms with Crippen LogP contribution in [-0.2, 0) is 11.3 Å². The SMILES string of the molecule is CCCCC(CC)COCc1ccc(C(N)=O)cc1N. The maximum absolute atomic E-state index is 11.0. The molecular formula is C16H26N2O2. The molecule has 0 spiro atoms. The predicted octanol–water partition coefficient (Wildman–Crippen LogP) is 3.10. The van der Waals surface area contributed by atoms with Crippen LogP contribution in [0.25, 0.3) is 0 Å². The third-order valence-electron chi connectivity index (χ3n) is 3.58. The molecule has 4 nitrogen and oxygen atoms in total. The molecule has 0 heterocycles. The standard InChI is InChI=1S/C16H26N2O2/c1-3-5-6-12(4-2)10-20-11-14-8-7-13(16(18)19)9-15(14)17/h7-9,12H,3-6,10-11,17H2,1-2H3,(H2,18,19). The van der Waals surface area contributed by atoms with Crippen molar-refractivity contribution in [2.24, 2.45) is 11.7 Å². The summed E-state index contributed by atoms with van der Waals surface area (Å²) < 4.78 is 5.75. The first-order valence-electron chi connectivity index (χ1n) is 7.34. The van der Waals surface area contributed by atoms with Gasteiger partial charge in [-0.05, 0) is 24.5 Å². The highest BCUT2D eigenvalue weighted by molar-refractivity contribution is 5.93. The zero-order valence-electron chi connectivity index (χ0n) is 12.5. The van der Waals surface area contributed by atoms with E-state index in [2.05, 4.69) is 13.8 Å². The van der Waals surface area contributed by atoms with Crippen LogP contribution in [0.15, 0.2) is 18.2 Å². The molecule has 0 aliphatic rings. The number of carbonyl (C=O) groups excluding carboxylic acids is 1. The van der Waals surface area contributed by atoms with Crippen LogP contribution in [0.5, 0.6) is 0 Å². The molecule has 1 unspecified atom stereocenters. The molecule has 0 saturated heterocycles. The quantitative estimate of drug-likeness (QED) is 0.681. The van der Waals surface area contributed by atoms with Gasteiger partial charge >= 0.3 is 0 Å². The summed E-state index contributed by atoms with van der Waals surface area (Å²) in [5, 5.41) is 0. The lowest BCUT2D eigenvalue weighted by Crippen LogP contribution is -2.12. The summed E-state index contributed by atoms with van der Waals surface area (Å²) in [5.41, 5.74) is 13.0. The molecule has 20 heavy (non-hydrogen) atoms. The third kappa shape index (κ3) is 5.21. The fourth-order valence-corrected chi connectivity index (χ4v) is 2.11. The lowest BCUT2D eigenvalue weighted by atomic mass is 10.0. The highest BCUT2D eigenvalue weighted by atomic mass is 16.5. The molecule has 0 fully saturated rings. The van der Waals surface area contributed by atoms with Crippen molar-refractivity contribution < 1.29 is 9.53 Å². The van der Waals surface area contributed by atoms with E-state index in [0.29, 0.717) is 23.8 Å². The average molecular weight is 278 g/mol. The Hall–Kier alpha value is -1.55. The van der Waals surface area contributed by atoms with Crippen molar-refractivity contribution in [1.29, 1.82) is 0 Å². The third-order valence-corrected chi connectivity index (χ3v) is 3.58. The summed E-state index contributed by atoms with van der Waals surface area (Å²) in [6.07, 6.45) is 4.81. The van der Waals surface area contributed by atoms with Gasteiger partial charge in [0.1, 0.15) is 0 Å². The molecule has 1 rings (SSSR count). The van der Waals surface area contributed by atoms with Gasteiger partial charge in [-0.1, -0.05) is 39.2 Å². The van der Waals surface area contributed by atoms with Crippen molar-refractivity contribution in [3.8, 4) is 0 Å². The molecule has 0 saturated carbocycles. The number of unbranched alkanes of at least 4 members (excludes halogenated alkanes) is 1. The van der Waals surface area contributed by atoms with Gasteiger partial charge in [0.05, 0.1) is 6.61 Å². The first kappa shape index (κ1) is 16.5. The molecule has 4 N–H and O–H groups in total.